The molecule has 2 aliphatic heterocycles. The number of hydrogen-bond donors (Lipinski definition) is 5. The monoisotopic (exact) mass is 587 g/mol. The number of nitrogens with one attached hydrogen (secondary N) is 1. The van der Waals surface area contributed by atoms with Crippen molar-refractivity contribution in [3.05, 3.63) is 27.6 Å². The molecule has 1 unspecified atom stereocenters. The number of nitrogens with two attached hydrogens (primary N) is 3. The van der Waals surface area contributed by atoms with Gasteiger partial charge in [-0.2, -0.15) is 0 Å². The number of hydrogen-bond acceptors (Lipinski definition) is 15. The first-order chi connectivity index (χ1) is 17.6. The number of thioether (sulfide) groups is 2. The summed E-state index contributed by atoms with van der Waals surface area (Å²) in [6.07, 6.45) is -1.60. The van der Waals surface area contributed by atoms with Crippen molar-refractivity contribution in [2.45, 2.75) is 16.6 Å². The number of nitrogen functional groups attached to an aromatic ring is 3. The highest BCUT2D eigenvalue weighted by Gasteiger charge is 2.54. The van der Waals surface area contributed by atoms with E-state index in [1.165, 1.54) is 29.8 Å². The third-order valence-corrected chi connectivity index (χ3v) is 8.16. The van der Waals surface area contributed by atoms with Crippen LogP contribution >= 0.6 is 46.5 Å². The van der Waals surface area contributed by atoms with E-state index in [-0.39, 0.29) is 49.3 Å². The van der Waals surface area contributed by atoms with Gasteiger partial charge in [-0.05, 0) is 0 Å². The second kappa shape index (κ2) is 10.9. The lowest BCUT2D eigenvalue weighted by atomic mass is 10.1. The fourth-order valence-corrected chi connectivity index (χ4v) is 6.59. The fraction of sp³-hybridized carbons (Fsp3) is 0.278. The molecule has 37 heavy (non-hydrogen) atoms. The topological polar surface area (TPSA) is 234 Å². The van der Waals surface area contributed by atoms with E-state index in [9.17, 15) is 19.5 Å². The molecular weight excluding hydrogens is 570 g/mol. The standard InChI is InChI=1S/C18H18ClN9O6S3/c1-33-27-9(8-11(19)37-16(22)26-8)12(29)25-10-13(30)28-14(34-18(31)32)5(3-35-15(10)28)4-36-17-23-6(20)2-7(21)24-17/h2,10,15H,3-4H2,1H3,(H2,22,26)(H,25,29)(H,31,32)(H4,20,21,23,24)/t10?,15-/m0/s1. The van der Waals surface area contributed by atoms with E-state index in [1.807, 2.05) is 0 Å². The number of anilines is 3. The van der Waals surface area contributed by atoms with Gasteiger partial charge in [0.1, 0.15) is 40.2 Å². The minimum absolute atomic E-state index is 0.00181. The lowest BCUT2D eigenvalue weighted by Crippen LogP contribution is -2.70. The van der Waals surface area contributed by atoms with E-state index in [2.05, 4.69) is 25.4 Å². The number of ether oxygens (including phenoxy) is 1. The molecule has 2 aromatic heterocycles. The van der Waals surface area contributed by atoms with E-state index >= 15 is 0 Å². The largest absolute Gasteiger partial charge is 0.512 e. The molecule has 2 aliphatic rings. The van der Waals surface area contributed by atoms with Gasteiger partial charge in [-0.1, -0.05) is 39.9 Å². The van der Waals surface area contributed by atoms with Crippen molar-refractivity contribution in [2.75, 3.05) is 35.8 Å². The highest BCUT2D eigenvalue weighted by atomic mass is 35.5. The first kappa shape index (κ1) is 26.6. The zero-order valence-electron chi connectivity index (χ0n) is 18.7. The Morgan fingerprint density at radius 1 is 1.32 bits per heavy atom. The van der Waals surface area contributed by atoms with Crippen LogP contribution in [-0.2, 0) is 19.2 Å². The molecule has 0 aliphatic carbocycles. The number of carboxylic acid groups (broad SMARTS) is 1. The first-order valence-electron chi connectivity index (χ1n) is 10.0. The first-order valence-corrected chi connectivity index (χ1v) is 13.3. The Hall–Kier alpha value is -3.48. The maximum absolute atomic E-state index is 13.0. The number of oxime groups is 1. The lowest BCUT2D eigenvalue weighted by molar-refractivity contribution is -0.148. The number of nitrogens with zero attached hydrogens (tertiary/aromatic N) is 5. The number of carbonyl (C=O) groups is 3. The molecular formula is C18H18ClN9O6S3. The summed E-state index contributed by atoms with van der Waals surface area (Å²) >= 11 is 9.48. The van der Waals surface area contributed by atoms with Crippen LogP contribution in [0.3, 0.4) is 0 Å². The van der Waals surface area contributed by atoms with Crippen molar-refractivity contribution in [1.29, 1.82) is 0 Å². The van der Waals surface area contributed by atoms with Crippen molar-refractivity contribution in [3.8, 4) is 0 Å². The molecule has 0 aromatic carbocycles. The molecule has 1 fully saturated rings. The highest BCUT2D eigenvalue weighted by Crippen LogP contribution is 2.42. The predicted molar refractivity (Wildman–Crippen MR) is 138 cm³/mol. The molecule has 2 atom stereocenters. The number of fused-ring (bicyclic) bond motifs is 1. The van der Waals surface area contributed by atoms with E-state index in [0.717, 1.165) is 23.1 Å². The van der Waals surface area contributed by atoms with Gasteiger partial charge in [-0.25, -0.2) is 19.7 Å². The number of thiazole rings is 1. The molecule has 19 heteroatoms. The third kappa shape index (κ3) is 5.60. The second-order valence-corrected chi connectivity index (χ2v) is 10.9. The Labute approximate surface area is 225 Å². The van der Waals surface area contributed by atoms with Gasteiger partial charge in [0.15, 0.2) is 16.0 Å². The number of carbonyl (C=O) groups excluding carboxylic acids is 2. The molecule has 0 saturated carbocycles. The van der Waals surface area contributed by atoms with E-state index in [1.54, 1.807) is 0 Å². The summed E-state index contributed by atoms with van der Waals surface area (Å²) in [5.74, 6) is -0.666. The molecule has 2 aromatic rings. The van der Waals surface area contributed by atoms with Crippen molar-refractivity contribution in [2.24, 2.45) is 5.16 Å². The zero-order valence-corrected chi connectivity index (χ0v) is 21.9. The summed E-state index contributed by atoms with van der Waals surface area (Å²) in [6.45, 7) is 0. The minimum Gasteiger partial charge on any atom is -0.449 e. The fourth-order valence-electron chi connectivity index (χ4n) is 3.34. The predicted octanol–water partition coefficient (Wildman–Crippen LogP) is 0.782. The van der Waals surface area contributed by atoms with Crippen LogP contribution < -0.4 is 22.5 Å². The van der Waals surface area contributed by atoms with Crippen LogP contribution in [0, 0.1) is 0 Å². The van der Waals surface area contributed by atoms with E-state index < -0.39 is 29.4 Å². The van der Waals surface area contributed by atoms with Crippen molar-refractivity contribution in [3.63, 3.8) is 0 Å². The molecule has 8 N–H and O–H groups in total. The van der Waals surface area contributed by atoms with Gasteiger partial charge in [-0.3, -0.25) is 14.5 Å². The average molecular weight is 588 g/mol. The van der Waals surface area contributed by atoms with Crippen LogP contribution in [0.5, 0.6) is 0 Å². The van der Waals surface area contributed by atoms with Crippen molar-refractivity contribution in [1.82, 2.24) is 25.2 Å². The molecule has 4 heterocycles. The number of β-lactam (4-membered cyclic amide) rings is 1. The average Bonchev–Trinajstić information content (AvgIpc) is 3.15. The maximum atomic E-state index is 13.0. The Morgan fingerprint density at radius 2 is 2.03 bits per heavy atom. The summed E-state index contributed by atoms with van der Waals surface area (Å²) in [4.78, 5) is 55.4. The normalized spacial score (nSPS) is 19.2. The molecule has 0 spiro atoms. The van der Waals surface area contributed by atoms with Crippen LogP contribution in [-0.4, -0.2) is 78.7 Å². The van der Waals surface area contributed by atoms with Gasteiger partial charge >= 0.3 is 6.16 Å². The molecule has 0 radical (unpaired) electrons. The van der Waals surface area contributed by atoms with E-state index in [4.69, 9.17) is 38.4 Å². The Kier molecular flexibility index (Phi) is 7.81. The summed E-state index contributed by atoms with van der Waals surface area (Å²) in [7, 11) is 1.23. The van der Waals surface area contributed by atoms with Gasteiger partial charge in [0.25, 0.3) is 11.8 Å². The lowest BCUT2D eigenvalue weighted by Gasteiger charge is -2.49. The zero-order chi connectivity index (χ0) is 26.9. The molecule has 1 saturated heterocycles. The van der Waals surface area contributed by atoms with Gasteiger partial charge < -0.3 is 37.2 Å². The van der Waals surface area contributed by atoms with Gasteiger partial charge in [0.05, 0.1) is 0 Å². The smallest absolute Gasteiger partial charge is 0.449 e. The van der Waals surface area contributed by atoms with Gasteiger partial charge in [-0.15, -0.1) is 11.8 Å². The molecule has 15 nitrogen and oxygen atoms in total. The van der Waals surface area contributed by atoms with Crippen molar-refractivity contribution < 1.29 is 29.1 Å². The molecule has 196 valence electrons. The second-order valence-electron chi connectivity index (χ2n) is 7.22. The summed E-state index contributed by atoms with van der Waals surface area (Å²) < 4.78 is 5.08. The Morgan fingerprint density at radius 3 is 2.62 bits per heavy atom. The summed E-state index contributed by atoms with van der Waals surface area (Å²) in [5, 5.41) is 15.3. The molecule has 2 amide bonds. The summed E-state index contributed by atoms with van der Waals surface area (Å²) in [5.41, 5.74) is 17.3. The SMILES string of the molecule is CON=C(C(=O)NC1C(=O)N2C(OC(=O)O)=C(CSc3nc(N)cc(N)n3)CS[C@@H]12)c1nc(N)sc1Cl. The van der Waals surface area contributed by atoms with Gasteiger partial charge in [0, 0.05) is 23.1 Å². The van der Waals surface area contributed by atoms with Crippen LogP contribution in [0.15, 0.2) is 27.8 Å². The third-order valence-electron chi connectivity index (χ3n) is 4.81. The number of amides is 2. The summed E-state index contributed by atoms with van der Waals surface area (Å²) in [6, 6.07) is 0.393. The van der Waals surface area contributed by atoms with Crippen LogP contribution in [0.25, 0.3) is 0 Å². The van der Waals surface area contributed by atoms with Crippen LogP contribution in [0.4, 0.5) is 21.6 Å². The number of aromatic nitrogens is 3. The van der Waals surface area contributed by atoms with E-state index in [0.29, 0.717) is 11.3 Å². The quantitative estimate of drug-likeness (QED) is 0.0716. The minimum atomic E-state index is -1.60. The van der Waals surface area contributed by atoms with Crippen molar-refractivity contribution >= 4 is 86.9 Å². The Balaban J connectivity index is 1.52. The molecule has 4 rings (SSSR count). The van der Waals surface area contributed by atoms with Crippen LogP contribution in [0.2, 0.25) is 4.34 Å². The van der Waals surface area contributed by atoms with Crippen LogP contribution in [0.1, 0.15) is 5.69 Å². The maximum Gasteiger partial charge on any atom is 0.512 e. The molecule has 0 bridgehead atoms. The van der Waals surface area contributed by atoms with Gasteiger partial charge in [0.2, 0.25) is 5.88 Å². The number of halogens is 1. The number of rotatable bonds is 8. The Bertz CT molecular complexity index is 1320. The highest BCUT2D eigenvalue weighted by molar-refractivity contribution is 8.01.